The van der Waals surface area contributed by atoms with E-state index >= 15 is 0 Å². The van der Waals surface area contributed by atoms with E-state index in [0.29, 0.717) is 18.0 Å². The minimum absolute atomic E-state index is 0.0568. The molecule has 2 aliphatic heterocycles. The number of amides is 2. The molecule has 0 aromatic carbocycles. The smallest absolute Gasteiger partial charge is 0.418 e. The average Bonchev–Trinajstić information content (AvgIpc) is 3.08. The maximum Gasteiger partial charge on any atom is 0.418 e. The van der Waals surface area contributed by atoms with E-state index in [2.05, 4.69) is 14.4 Å². The Morgan fingerprint density at radius 2 is 2.25 bits per heavy atom. The molecule has 24 heavy (non-hydrogen) atoms. The SMILES string of the molecule is CCOC(=O)c1noc([C@@H]2CCN3C[C@@H]2N(OS(=O)(=O)O)C3=O)n1. The first-order chi connectivity index (χ1) is 11.3. The topological polar surface area (TPSA) is 152 Å². The molecule has 2 aliphatic rings. The minimum atomic E-state index is -4.86. The standard InChI is InChI=1S/C11H14N4O8S/c1-2-21-10(16)8-12-9(22-13-8)6-3-4-14-5-7(6)15(11(14)17)23-24(18,19)20/h6-7H,2-5H2,1H3,(H,18,19,20)/t6-,7+/m1/s1. The number of hydrogen-bond acceptors (Lipinski definition) is 9. The lowest BCUT2D eigenvalue weighted by Crippen LogP contribution is -2.39. The summed E-state index contributed by atoms with van der Waals surface area (Å²) in [4.78, 5) is 29.0. The second kappa shape index (κ2) is 5.99. The van der Waals surface area contributed by atoms with Gasteiger partial charge in [-0.1, -0.05) is 0 Å². The second-order valence-corrected chi connectivity index (χ2v) is 6.20. The number of esters is 1. The van der Waals surface area contributed by atoms with E-state index in [0.717, 1.165) is 0 Å². The molecule has 2 fully saturated rings. The Balaban J connectivity index is 1.84. The molecule has 1 N–H and O–H groups in total. The average molecular weight is 362 g/mol. The summed E-state index contributed by atoms with van der Waals surface area (Å²) in [6.07, 6.45) is 0.395. The normalized spacial score (nSPS) is 23.7. The molecule has 13 heteroatoms. The third-order valence-corrected chi connectivity index (χ3v) is 4.08. The van der Waals surface area contributed by atoms with Gasteiger partial charge in [0, 0.05) is 13.1 Å². The Morgan fingerprint density at radius 1 is 1.50 bits per heavy atom. The maximum atomic E-state index is 12.1. The van der Waals surface area contributed by atoms with Crippen LogP contribution in [0.3, 0.4) is 0 Å². The van der Waals surface area contributed by atoms with Crippen LogP contribution in [0.1, 0.15) is 35.8 Å². The van der Waals surface area contributed by atoms with Gasteiger partial charge in [0.05, 0.1) is 18.6 Å². The van der Waals surface area contributed by atoms with Crippen LogP contribution in [-0.4, -0.2) is 70.8 Å². The lowest BCUT2D eigenvalue weighted by molar-refractivity contribution is -0.0396. The number of urea groups is 1. The number of hydrogen-bond donors (Lipinski definition) is 1. The summed E-state index contributed by atoms with van der Waals surface area (Å²) in [6.45, 7) is 2.25. The molecule has 2 saturated heterocycles. The van der Waals surface area contributed by atoms with Crippen molar-refractivity contribution in [2.45, 2.75) is 25.3 Å². The Bertz CT molecular complexity index is 762. The van der Waals surface area contributed by atoms with Crippen molar-refractivity contribution in [2.75, 3.05) is 19.7 Å². The van der Waals surface area contributed by atoms with Crippen LogP contribution in [0.2, 0.25) is 0 Å². The molecule has 132 valence electrons. The third-order valence-electron chi connectivity index (χ3n) is 3.73. The van der Waals surface area contributed by atoms with Gasteiger partial charge in [0.15, 0.2) is 0 Å². The van der Waals surface area contributed by atoms with Crippen LogP contribution in [0.15, 0.2) is 4.52 Å². The molecule has 2 atom stereocenters. The van der Waals surface area contributed by atoms with E-state index < -0.39 is 34.4 Å². The molecule has 0 unspecified atom stereocenters. The summed E-state index contributed by atoms with van der Waals surface area (Å²) in [5, 5.41) is 4.10. The number of piperidine rings is 1. The fourth-order valence-corrected chi connectivity index (χ4v) is 3.14. The number of aromatic nitrogens is 2. The molecule has 2 bridgehead atoms. The van der Waals surface area contributed by atoms with Crippen molar-refractivity contribution in [3.63, 3.8) is 0 Å². The van der Waals surface area contributed by atoms with E-state index in [1.807, 2.05) is 0 Å². The molecular weight excluding hydrogens is 348 g/mol. The summed E-state index contributed by atoms with van der Waals surface area (Å²) in [7, 11) is -4.86. The molecule has 3 rings (SSSR count). The Labute approximate surface area is 136 Å². The zero-order chi connectivity index (χ0) is 17.5. The molecule has 1 aromatic heterocycles. The highest BCUT2D eigenvalue weighted by molar-refractivity contribution is 7.80. The van der Waals surface area contributed by atoms with Crippen LogP contribution < -0.4 is 0 Å². The van der Waals surface area contributed by atoms with Crippen molar-refractivity contribution in [3.8, 4) is 0 Å². The monoisotopic (exact) mass is 362 g/mol. The van der Waals surface area contributed by atoms with Gasteiger partial charge in [-0.2, -0.15) is 18.5 Å². The van der Waals surface area contributed by atoms with Crippen molar-refractivity contribution < 1.29 is 36.1 Å². The molecule has 0 aliphatic carbocycles. The van der Waals surface area contributed by atoms with Gasteiger partial charge in [-0.05, 0) is 18.5 Å². The highest BCUT2D eigenvalue weighted by Crippen LogP contribution is 2.36. The fourth-order valence-electron chi connectivity index (χ4n) is 2.77. The largest absolute Gasteiger partial charge is 0.460 e. The second-order valence-electron chi connectivity index (χ2n) is 5.20. The summed E-state index contributed by atoms with van der Waals surface area (Å²) in [6, 6.07) is -1.45. The zero-order valence-electron chi connectivity index (χ0n) is 12.5. The number of fused-ring (bicyclic) bond motifs is 2. The van der Waals surface area contributed by atoms with Crippen LogP contribution in [0.5, 0.6) is 0 Å². The lowest BCUT2D eigenvalue weighted by Gasteiger charge is -2.27. The van der Waals surface area contributed by atoms with Gasteiger partial charge in [0.2, 0.25) is 5.89 Å². The first-order valence-corrected chi connectivity index (χ1v) is 8.42. The Kier molecular flexibility index (Phi) is 4.15. The molecule has 0 radical (unpaired) electrons. The highest BCUT2D eigenvalue weighted by Gasteiger charge is 2.50. The maximum absolute atomic E-state index is 12.1. The molecule has 3 heterocycles. The van der Waals surface area contributed by atoms with Crippen LogP contribution in [0.4, 0.5) is 4.79 Å². The summed E-state index contributed by atoms with van der Waals surface area (Å²) >= 11 is 0. The molecule has 1 aromatic rings. The van der Waals surface area contributed by atoms with Crippen molar-refractivity contribution in [1.29, 1.82) is 0 Å². The van der Waals surface area contributed by atoms with Crippen LogP contribution in [0, 0.1) is 0 Å². The molecule has 2 amide bonds. The first-order valence-electron chi connectivity index (χ1n) is 7.06. The van der Waals surface area contributed by atoms with E-state index in [-0.39, 0.29) is 24.9 Å². The van der Waals surface area contributed by atoms with Crippen molar-refractivity contribution in [3.05, 3.63) is 11.7 Å². The number of carbonyl (C=O) groups excluding carboxylic acids is 2. The molecule has 12 nitrogen and oxygen atoms in total. The predicted molar refractivity (Wildman–Crippen MR) is 72.8 cm³/mol. The van der Waals surface area contributed by atoms with Gasteiger partial charge < -0.3 is 14.2 Å². The lowest BCUT2D eigenvalue weighted by atomic mass is 9.93. The molecular formula is C11H14N4O8S. The van der Waals surface area contributed by atoms with Crippen molar-refractivity contribution in [1.82, 2.24) is 20.1 Å². The zero-order valence-corrected chi connectivity index (χ0v) is 13.3. The third kappa shape index (κ3) is 3.05. The predicted octanol–water partition coefficient (Wildman–Crippen LogP) is -0.426. The molecule has 0 saturated carbocycles. The van der Waals surface area contributed by atoms with Crippen molar-refractivity contribution >= 4 is 22.4 Å². The molecule has 0 spiro atoms. The van der Waals surface area contributed by atoms with E-state index in [1.54, 1.807) is 6.92 Å². The van der Waals surface area contributed by atoms with Gasteiger partial charge in [0.1, 0.15) is 0 Å². The minimum Gasteiger partial charge on any atom is -0.460 e. The summed E-state index contributed by atoms with van der Waals surface area (Å²) in [5.74, 6) is -1.51. The summed E-state index contributed by atoms with van der Waals surface area (Å²) < 4.78 is 44.9. The fraction of sp³-hybridized carbons (Fsp3) is 0.636. The van der Waals surface area contributed by atoms with E-state index in [4.69, 9.17) is 13.8 Å². The summed E-state index contributed by atoms with van der Waals surface area (Å²) in [5.41, 5.74) is 0. The van der Waals surface area contributed by atoms with Gasteiger partial charge >= 0.3 is 22.4 Å². The van der Waals surface area contributed by atoms with Gasteiger partial charge in [-0.25, -0.2) is 9.59 Å². The van der Waals surface area contributed by atoms with E-state index in [1.165, 1.54) is 4.90 Å². The number of nitrogens with zero attached hydrogens (tertiary/aromatic N) is 4. The Morgan fingerprint density at radius 3 is 2.92 bits per heavy atom. The van der Waals surface area contributed by atoms with E-state index in [9.17, 15) is 18.0 Å². The first kappa shape index (κ1) is 16.6. The quantitative estimate of drug-likeness (QED) is 0.539. The van der Waals surface area contributed by atoms with Crippen LogP contribution in [-0.2, 0) is 19.4 Å². The Hall–Kier alpha value is -2.25. The van der Waals surface area contributed by atoms with Crippen LogP contribution in [0.25, 0.3) is 0 Å². The number of hydroxylamine groups is 2. The number of carbonyl (C=O) groups is 2. The van der Waals surface area contributed by atoms with Crippen molar-refractivity contribution in [2.24, 2.45) is 0 Å². The number of rotatable bonds is 5. The highest BCUT2D eigenvalue weighted by atomic mass is 32.3. The van der Waals surface area contributed by atoms with Crippen LogP contribution >= 0.6 is 0 Å². The van der Waals surface area contributed by atoms with Gasteiger partial charge in [-0.15, -0.1) is 4.28 Å². The number of ether oxygens (including phenoxy) is 1. The van der Waals surface area contributed by atoms with Gasteiger partial charge in [0.25, 0.3) is 5.82 Å². The van der Waals surface area contributed by atoms with Gasteiger partial charge in [-0.3, -0.25) is 4.55 Å².